The fraction of sp³-hybridized carbons (Fsp3) is 0.286. The second-order valence-electron chi connectivity index (χ2n) is 2.18. The summed E-state index contributed by atoms with van der Waals surface area (Å²) in [6.45, 7) is 4.89. The predicted molar refractivity (Wildman–Crippen MR) is 37.1 cm³/mol. The molecule has 0 radical (unpaired) electrons. The van der Waals surface area contributed by atoms with Gasteiger partial charge in [0.25, 0.3) is 0 Å². The maximum atomic E-state index is 11.0. The van der Waals surface area contributed by atoms with Gasteiger partial charge in [-0.2, -0.15) is 0 Å². The fourth-order valence-corrected chi connectivity index (χ4v) is 0.623. The number of nitrogens with zero attached hydrogens (tertiary/aromatic N) is 1. The Kier molecular flexibility index (Phi) is 1.85. The van der Waals surface area contributed by atoms with E-state index in [1.165, 1.54) is 6.92 Å². The molecule has 11 heavy (non-hydrogen) atoms. The van der Waals surface area contributed by atoms with E-state index < -0.39 is 17.8 Å². The second kappa shape index (κ2) is 2.65. The molecule has 1 unspecified atom stereocenters. The van der Waals surface area contributed by atoms with Crippen LogP contribution in [0.25, 0.3) is 0 Å². The largest absolute Gasteiger partial charge is 0.570 e. The van der Waals surface area contributed by atoms with Crippen LogP contribution in [0.1, 0.15) is 6.92 Å². The van der Waals surface area contributed by atoms with Crippen molar-refractivity contribution < 1.29 is 14.3 Å². The second-order valence-corrected chi connectivity index (χ2v) is 2.18. The van der Waals surface area contributed by atoms with E-state index in [0.717, 1.165) is 0 Å². The van der Waals surface area contributed by atoms with Crippen LogP contribution in [-0.2, 0) is 14.3 Å². The molecule has 4 heteroatoms. The van der Waals surface area contributed by atoms with Gasteiger partial charge in [-0.15, -0.1) is 0 Å². The first-order valence-corrected chi connectivity index (χ1v) is 2.98. The van der Waals surface area contributed by atoms with Crippen molar-refractivity contribution in [3.8, 4) is 0 Å². The molecule has 1 aliphatic rings. The lowest BCUT2D eigenvalue weighted by molar-refractivity contribution is -0.132. The van der Waals surface area contributed by atoms with Crippen LogP contribution in [0.4, 0.5) is 0 Å². The topological polar surface area (TPSA) is 55.7 Å². The number of carbonyl (C=O) groups is 2. The standard InChI is InChI=1S/C7H6NO3/c1-4(2)5(9)6-7(10)8-3-11-6/h6H,1H2,2H3/q-1. The molecule has 1 amide bonds. The van der Waals surface area contributed by atoms with Crippen LogP contribution >= 0.6 is 0 Å². The number of rotatable bonds is 2. The van der Waals surface area contributed by atoms with Gasteiger partial charge in [0.1, 0.15) is 5.91 Å². The normalized spacial score (nSPS) is 21.5. The predicted octanol–water partition coefficient (Wildman–Crippen LogP) is -0.0377. The van der Waals surface area contributed by atoms with Crippen molar-refractivity contribution in [1.29, 1.82) is 0 Å². The molecule has 1 aliphatic heterocycles. The molecule has 0 spiro atoms. The van der Waals surface area contributed by atoms with Crippen LogP contribution in [0, 0.1) is 0 Å². The van der Waals surface area contributed by atoms with Gasteiger partial charge in [0, 0.05) is 6.40 Å². The van der Waals surface area contributed by atoms with Gasteiger partial charge in [-0.25, -0.2) is 0 Å². The number of hydrogen-bond acceptors (Lipinski definition) is 3. The molecule has 58 valence electrons. The van der Waals surface area contributed by atoms with E-state index in [2.05, 4.69) is 16.3 Å². The SMILES string of the molecule is C=C(C)C(=O)C1O[C-]=NC1=O. The zero-order chi connectivity index (χ0) is 8.43. The Balaban J connectivity index is 2.71. The summed E-state index contributed by atoms with van der Waals surface area (Å²) in [5, 5.41) is 0. The number of ether oxygens (including phenoxy) is 1. The molecular weight excluding hydrogens is 146 g/mol. The van der Waals surface area contributed by atoms with Gasteiger partial charge in [0.15, 0.2) is 11.9 Å². The van der Waals surface area contributed by atoms with Gasteiger partial charge in [-0.1, -0.05) is 6.58 Å². The highest BCUT2D eigenvalue weighted by molar-refractivity contribution is 6.15. The average molecular weight is 152 g/mol. The van der Waals surface area contributed by atoms with E-state index in [1.807, 2.05) is 6.40 Å². The van der Waals surface area contributed by atoms with Gasteiger partial charge in [-0.05, 0) is 12.5 Å². The Morgan fingerprint density at radius 3 is 2.82 bits per heavy atom. The van der Waals surface area contributed by atoms with Gasteiger partial charge < -0.3 is 14.5 Å². The highest BCUT2D eigenvalue weighted by atomic mass is 16.5. The lowest BCUT2D eigenvalue weighted by atomic mass is 10.1. The molecular formula is C7H6NO3-. The van der Waals surface area contributed by atoms with Gasteiger partial charge in [-0.3, -0.25) is 4.79 Å². The summed E-state index contributed by atoms with van der Waals surface area (Å²) in [6.07, 6.45) is 0.839. The highest BCUT2D eigenvalue weighted by Crippen LogP contribution is 2.06. The smallest absolute Gasteiger partial charge is 0.188 e. The molecule has 4 nitrogen and oxygen atoms in total. The van der Waals surface area contributed by atoms with Crippen LogP contribution in [-0.4, -0.2) is 24.2 Å². The molecule has 1 atom stereocenters. The third-order valence-electron chi connectivity index (χ3n) is 1.21. The monoisotopic (exact) mass is 152 g/mol. The first-order valence-electron chi connectivity index (χ1n) is 2.98. The van der Waals surface area contributed by atoms with Gasteiger partial charge >= 0.3 is 0 Å². The quantitative estimate of drug-likeness (QED) is 0.317. The first-order chi connectivity index (χ1) is 5.13. The lowest BCUT2D eigenvalue weighted by Crippen LogP contribution is -2.27. The Labute approximate surface area is 63.6 Å². The summed E-state index contributed by atoms with van der Waals surface area (Å²) >= 11 is 0. The molecule has 0 saturated heterocycles. The molecule has 0 aromatic heterocycles. The maximum absolute atomic E-state index is 11.0. The van der Waals surface area contributed by atoms with Crippen LogP contribution in [0.15, 0.2) is 17.1 Å². The van der Waals surface area contributed by atoms with Gasteiger partial charge in [0.2, 0.25) is 0 Å². The van der Waals surface area contributed by atoms with Crippen molar-refractivity contribution in [2.45, 2.75) is 13.0 Å². The number of aliphatic imine (C=N–C) groups is 1. The summed E-state index contributed by atoms with van der Waals surface area (Å²) in [4.78, 5) is 24.9. The molecule has 1 rings (SSSR count). The minimum Gasteiger partial charge on any atom is -0.570 e. The number of carbonyl (C=O) groups excluding carboxylic acids is 2. The maximum Gasteiger partial charge on any atom is 0.188 e. The first kappa shape index (κ1) is 7.65. The van der Waals surface area contributed by atoms with Crippen molar-refractivity contribution in [2.24, 2.45) is 4.99 Å². The van der Waals surface area contributed by atoms with E-state index in [9.17, 15) is 9.59 Å². The van der Waals surface area contributed by atoms with Crippen molar-refractivity contribution in [3.05, 3.63) is 12.2 Å². The summed E-state index contributed by atoms with van der Waals surface area (Å²) < 4.78 is 4.51. The zero-order valence-corrected chi connectivity index (χ0v) is 5.96. The lowest BCUT2D eigenvalue weighted by Gasteiger charge is -2.11. The van der Waals surface area contributed by atoms with Crippen molar-refractivity contribution in [2.75, 3.05) is 0 Å². The minimum absolute atomic E-state index is 0.280. The third-order valence-corrected chi connectivity index (χ3v) is 1.21. The summed E-state index contributed by atoms with van der Waals surface area (Å²) in [5.41, 5.74) is 0.280. The third kappa shape index (κ3) is 1.34. The molecule has 0 N–H and O–H groups in total. The van der Waals surface area contributed by atoms with E-state index in [-0.39, 0.29) is 5.57 Å². The van der Waals surface area contributed by atoms with Crippen LogP contribution in [0.5, 0.6) is 0 Å². The number of amides is 1. The zero-order valence-electron chi connectivity index (χ0n) is 5.96. The van der Waals surface area contributed by atoms with Crippen molar-refractivity contribution >= 4 is 18.1 Å². The van der Waals surface area contributed by atoms with Crippen molar-refractivity contribution in [1.82, 2.24) is 0 Å². The van der Waals surface area contributed by atoms with E-state index in [0.29, 0.717) is 0 Å². The number of hydrogen-bond donors (Lipinski definition) is 0. The molecule has 1 heterocycles. The van der Waals surface area contributed by atoms with E-state index in [1.54, 1.807) is 0 Å². The van der Waals surface area contributed by atoms with Crippen LogP contribution < -0.4 is 0 Å². The Bertz CT molecular complexity index is 254. The summed E-state index contributed by atoms with van der Waals surface area (Å²) in [7, 11) is 0. The molecule has 0 saturated carbocycles. The minimum atomic E-state index is -1.13. The van der Waals surface area contributed by atoms with Crippen LogP contribution in [0.2, 0.25) is 0 Å². The average Bonchev–Trinajstić information content (AvgIpc) is 2.33. The Hall–Kier alpha value is -1.45. The van der Waals surface area contributed by atoms with E-state index >= 15 is 0 Å². The van der Waals surface area contributed by atoms with Crippen molar-refractivity contribution in [3.63, 3.8) is 0 Å². The molecule has 0 bridgehead atoms. The van der Waals surface area contributed by atoms with E-state index in [4.69, 9.17) is 0 Å². The Morgan fingerprint density at radius 2 is 2.45 bits per heavy atom. The summed E-state index contributed by atoms with van der Waals surface area (Å²) in [6, 6.07) is 0. The number of ketones is 1. The van der Waals surface area contributed by atoms with Crippen LogP contribution in [0.3, 0.4) is 0 Å². The number of Topliss-reactive ketones (excluding diaryl/α,β-unsaturated/α-hetero) is 1. The molecule has 0 aliphatic carbocycles. The fourth-order valence-electron chi connectivity index (χ4n) is 0.623. The van der Waals surface area contributed by atoms with Gasteiger partial charge in [0.05, 0.1) is 0 Å². The Morgan fingerprint density at radius 1 is 1.82 bits per heavy atom. The molecule has 0 aromatic carbocycles. The summed E-state index contributed by atoms with van der Waals surface area (Å²) in [5.74, 6) is -1.05. The molecule has 0 aromatic rings. The molecule has 0 fully saturated rings. The highest BCUT2D eigenvalue weighted by Gasteiger charge is 2.22.